The van der Waals surface area contributed by atoms with Crippen molar-refractivity contribution in [2.45, 2.75) is 32.4 Å². The van der Waals surface area contributed by atoms with Crippen molar-refractivity contribution < 1.29 is 9.47 Å². The van der Waals surface area contributed by atoms with Crippen molar-refractivity contribution in [2.75, 3.05) is 14.2 Å². The maximum absolute atomic E-state index is 5.39. The Hall–Kier alpha value is -1.66. The summed E-state index contributed by atoms with van der Waals surface area (Å²) in [6.45, 7) is 4.17. The molecule has 98 valence electrons. The second kappa shape index (κ2) is 6.93. The molecule has 18 heavy (non-hydrogen) atoms. The molecule has 0 radical (unpaired) electrons. The third-order valence-electron chi connectivity index (χ3n) is 2.87. The largest absolute Gasteiger partial charge is 0.497 e. The topological polar surface area (TPSA) is 30.5 Å². The number of methoxy groups -OCH3 is 2. The van der Waals surface area contributed by atoms with Crippen molar-refractivity contribution >= 4 is 0 Å². The molecule has 0 aromatic heterocycles. The van der Waals surface area contributed by atoms with Crippen molar-refractivity contribution in [3.05, 3.63) is 23.8 Å². The zero-order valence-electron chi connectivity index (χ0n) is 11.5. The highest BCUT2D eigenvalue weighted by Crippen LogP contribution is 2.29. The van der Waals surface area contributed by atoms with Gasteiger partial charge in [-0.15, -0.1) is 12.3 Å². The van der Waals surface area contributed by atoms with Crippen LogP contribution in [0.5, 0.6) is 11.5 Å². The molecular formula is C15H21NO2. The molecule has 1 aromatic carbocycles. The molecule has 0 heterocycles. The minimum atomic E-state index is 0.175. The van der Waals surface area contributed by atoms with Gasteiger partial charge >= 0.3 is 0 Å². The summed E-state index contributed by atoms with van der Waals surface area (Å²) in [5, 5.41) is 3.45. The molecule has 0 saturated carbocycles. The normalized spacial score (nSPS) is 13.5. The number of hydrogen-bond acceptors (Lipinski definition) is 3. The Kier molecular flexibility index (Phi) is 5.54. The van der Waals surface area contributed by atoms with Crippen molar-refractivity contribution in [1.29, 1.82) is 0 Å². The van der Waals surface area contributed by atoms with Gasteiger partial charge in [-0.1, -0.05) is 6.07 Å². The van der Waals surface area contributed by atoms with E-state index in [-0.39, 0.29) is 12.1 Å². The molecule has 1 rings (SSSR count). The molecule has 1 aromatic rings. The molecule has 0 saturated heterocycles. The zero-order valence-corrected chi connectivity index (χ0v) is 11.5. The van der Waals surface area contributed by atoms with Crippen LogP contribution in [0.4, 0.5) is 0 Å². The first-order chi connectivity index (χ1) is 8.62. The van der Waals surface area contributed by atoms with Gasteiger partial charge in [0.1, 0.15) is 11.5 Å². The summed E-state index contributed by atoms with van der Waals surface area (Å²) in [6, 6.07) is 6.28. The Labute approximate surface area is 109 Å². The number of terminal acetylenes is 1. The fourth-order valence-electron chi connectivity index (χ4n) is 1.93. The van der Waals surface area contributed by atoms with Crippen LogP contribution in [0.2, 0.25) is 0 Å². The minimum absolute atomic E-state index is 0.175. The van der Waals surface area contributed by atoms with Crippen LogP contribution >= 0.6 is 0 Å². The second-order valence-corrected chi connectivity index (χ2v) is 4.31. The van der Waals surface area contributed by atoms with Gasteiger partial charge in [-0.2, -0.15) is 0 Å². The molecule has 2 unspecified atom stereocenters. The first-order valence-electron chi connectivity index (χ1n) is 6.03. The Morgan fingerprint density at radius 2 is 2.00 bits per heavy atom. The van der Waals surface area contributed by atoms with Crippen molar-refractivity contribution in [3.63, 3.8) is 0 Å². The fourth-order valence-corrected chi connectivity index (χ4v) is 1.93. The third-order valence-corrected chi connectivity index (χ3v) is 2.87. The predicted octanol–water partition coefficient (Wildman–Crippen LogP) is 2.77. The summed E-state index contributed by atoms with van der Waals surface area (Å²) >= 11 is 0. The monoisotopic (exact) mass is 247 g/mol. The lowest BCUT2D eigenvalue weighted by Crippen LogP contribution is -2.28. The molecule has 0 bridgehead atoms. The van der Waals surface area contributed by atoms with Gasteiger partial charge in [-0.25, -0.2) is 0 Å². The SMILES string of the molecule is C#CCC(C)NC(C)c1ccc(OC)cc1OC. The summed E-state index contributed by atoms with van der Waals surface area (Å²) in [6.07, 6.45) is 6.02. The van der Waals surface area contributed by atoms with Crippen LogP contribution in [0.1, 0.15) is 31.9 Å². The lowest BCUT2D eigenvalue weighted by molar-refractivity contribution is 0.382. The van der Waals surface area contributed by atoms with E-state index in [1.165, 1.54) is 0 Å². The molecule has 0 aliphatic carbocycles. The Balaban J connectivity index is 2.85. The van der Waals surface area contributed by atoms with E-state index in [4.69, 9.17) is 15.9 Å². The Bertz CT molecular complexity index is 423. The summed E-state index contributed by atoms with van der Waals surface area (Å²) < 4.78 is 10.6. The zero-order chi connectivity index (χ0) is 13.5. The number of rotatable bonds is 6. The van der Waals surface area contributed by atoms with E-state index in [9.17, 15) is 0 Å². The quantitative estimate of drug-likeness (QED) is 0.784. The Morgan fingerprint density at radius 3 is 2.56 bits per heavy atom. The molecule has 2 atom stereocenters. The van der Waals surface area contributed by atoms with Crippen LogP contribution in [0.3, 0.4) is 0 Å². The predicted molar refractivity (Wildman–Crippen MR) is 74.0 cm³/mol. The summed E-state index contributed by atoms with van der Waals surface area (Å²) in [7, 11) is 3.31. The maximum Gasteiger partial charge on any atom is 0.127 e. The summed E-state index contributed by atoms with van der Waals surface area (Å²) in [4.78, 5) is 0. The van der Waals surface area contributed by atoms with Crippen LogP contribution in [-0.4, -0.2) is 20.3 Å². The molecule has 3 nitrogen and oxygen atoms in total. The third kappa shape index (κ3) is 3.68. The average molecular weight is 247 g/mol. The van der Waals surface area contributed by atoms with Crippen LogP contribution in [-0.2, 0) is 0 Å². The van der Waals surface area contributed by atoms with Crippen LogP contribution in [0.25, 0.3) is 0 Å². The van der Waals surface area contributed by atoms with Gasteiger partial charge in [0, 0.05) is 30.1 Å². The Morgan fingerprint density at radius 1 is 1.28 bits per heavy atom. The van der Waals surface area contributed by atoms with E-state index in [2.05, 4.69) is 25.1 Å². The van der Waals surface area contributed by atoms with Gasteiger partial charge in [0.05, 0.1) is 14.2 Å². The van der Waals surface area contributed by atoms with Crippen LogP contribution < -0.4 is 14.8 Å². The van der Waals surface area contributed by atoms with Crippen LogP contribution in [0.15, 0.2) is 18.2 Å². The smallest absolute Gasteiger partial charge is 0.127 e. The van der Waals surface area contributed by atoms with E-state index in [0.29, 0.717) is 6.42 Å². The lowest BCUT2D eigenvalue weighted by atomic mass is 10.1. The first-order valence-corrected chi connectivity index (χ1v) is 6.03. The number of ether oxygens (including phenoxy) is 2. The average Bonchev–Trinajstić information content (AvgIpc) is 2.38. The molecule has 0 aliphatic heterocycles. The highest BCUT2D eigenvalue weighted by Gasteiger charge is 2.14. The molecule has 0 fully saturated rings. The highest BCUT2D eigenvalue weighted by molar-refractivity contribution is 5.42. The summed E-state index contributed by atoms with van der Waals surface area (Å²) in [5.41, 5.74) is 1.10. The van der Waals surface area contributed by atoms with Gasteiger partial charge in [0.25, 0.3) is 0 Å². The van der Waals surface area contributed by atoms with E-state index in [1.807, 2.05) is 18.2 Å². The first kappa shape index (κ1) is 14.4. The van der Waals surface area contributed by atoms with Gasteiger partial charge in [0.15, 0.2) is 0 Å². The molecule has 0 aliphatic rings. The van der Waals surface area contributed by atoms with Crippen LogP contribution in [0, 0.1) is 12.3 Å². The van der Waals surface area contributed by atoms with Gasteiger partial charge in [0.2, 0.25) is 0 Å². The van der Waals surface area contributed by atoms with E-state index in [1.54, 1.807) is 14.2 Å². The lowest BCUT2D eigenvalue weighted by Gasteiger charge is -2.21. The van der Waals surface area contributed by atoms with E-state index in [0.717, 1.165) is 17.1 Å². The minimum Gasteiger partial charge on any atom is -0.497 e. The second-order valence-electron chi connectivity index (χ2n) is 4.31. The van der Waals surface area contributed by atoms with Crippen molar-refractivity contribution in [1.82, 2.24) is 5.32 Å². The molecule has 1 N–H and O–H groups in total. The van der Waals surface area contributed by atoms with Crippen molar-refractivity contribution in [2.24, 2.45) is 0 Å². The highest BCUT2D eigenvalue weighted by atomic mass is 16.5. The number of nitrogens with one attached hydrogen (secondary N) is 1. The maximum atomic E-state index is 5.39. The van der Waals surface area contributed by atoms with E-state index >= 15 is 0 Å². The summed E-state index contributed by atoms with van der Waals surface area (Å²) in [5.74, 6) is 4.27. The van der Waals surface area contributed by atoms with E-state index < -0.39 is 0 Å². The fraction of sp³-hybridized carbons (Fsp3) is 0.467. The molecular weight excluding hydrogens is 226 g/mol. The van der Waals surface area contributed by atoms with Gasteiger partial charge in [-0.3, -0.25) is 0 Å². The number of benzene rings is 1. The van der Waals surface area contributed by atoms with Crippen molar-refractivity contribution in [3.8, 4) is 23.8 Å². The standard InChI is InChI=1S/C15H21NO2/c1-6-7-11(2)16-12(3)14-9-8-13(17-4)10-15(14)18-5/h1,8-12,16H,7H2,2-5H3. The molecule has 0 spiro atoms. The number of hydrogen-bond donors (Lipinski definition) is 1. The molecule has 3 heteroatoms. The van der Waals surface area contributed by atoms with Gasteiger partial charge < -0.3 is 14.8 Å². The van der Waals surface area contributed by atoms with Gasteiger partial charge in [-0.05, 0) is 19.9 Å². The molecule has 0 amide bonds.